The Balaban J connectivity index is 1.75. The molecular formula is C17H22FN5O3S. The molecule has 3 rings (SSSR count). The Hall–Kier alpha value is -2.36. The Morgan fingerprint density at radius 1 is 1.37 bits per heavy atom. The van der Waals surface area contributed by atoms with Gasteiger partial charge in [0.1, 0.15) is 12.4 Å². The first kappa shape index (κ1) is 19.4. The summed E-state index contributed by atoms with van der Waals surface area (Å²) in [7, 11) is -3.10. The van der Waals surface area contributed by atoms with Gasteiger partial charge in [-0.05, 0) is 49.2 Å². The third-order valence-electron chi connectivity index (χ3n) is 4.79. The molecule has 1 aliphatic heterocycles. The zero-order valence-corrected chi connectivity index (χ0v) is 16.1. The minimum absolute atomic E-state index is 0.00526. The van der Waals surface area contributed by atoms with Crippen LogP contribution >= 0.6 is 0 Å². The van der Waals surface area contributed by atoms with Gasteiger partial charge in [-0.25, -0.2) is 12.8 Å². The third-order valence-corrected chi connectivity index (χ3v) is 6.54. The van der Waals surface area contributed by atoms with Gasteiger partial charge < -0.3 is 4.90 Å². The Labute approximate surface area is 157 Å². The lowest BCUT2D eigenvalue weighted by atomic mass is 10.1. The van der Waals surface area contributed by atoms with Crippen LogP contribution < -0.4 is 0 Å². The molecule has 2 heterocycles. The third kappa shape index (κ3) is 4.49. The number of amides is 1. The van der Waals surface area contributed by atoms with E-state index in [9.17, 15) is 17.6 Å². The van der Waals surface area contributed by atoms with Crippen LogP contribution in [0, 0.1) is 5.82 Å². The average Bonchev–Trinajstić information content (AvgIpc) is 3.22. The topological polar surface area (TPSA) is 98.1 Å². The molecule has 0 aliphatic carbocycles. The minimum atomic E-state index is -3.10. The SMILES string of the molecule is CC[C@@H](C)N(C(=O)Cn1nnc(-c2ccc(F)cc2)n1)[C@H]1CCS(=O)(=O)C1. The van der Waals surface area contributed by atoms with Crippen molar-refractivity contribution in [3.63, 3.8) is 0 Å². The standard InChI is InChI=1S/C17H22FN5O3S/c1-3-12(2)23(15-8-9-27(25,26)11-15)16(24)10-22-20-17(19-21-22)13-4-6-14(18)7-5-13/h4-7,12,15H,3,8-11H2,1-2H3/t12-,15+/m1/s1. The monoisotopic (exact) mass is 395 g/mol. The molecule has 1 amide bonds. The number of rotatable bonds is 6. The number of carbonyl (C=O) groups is 1. The van der Waals surface area contributed by atoms with Crippen LogP contribution in [0.4, 0.5) is 4.39 Å². The van der Waals surface area contributed by atoms with Crippen molar-refractivity contribution in [3.05, 3.63) is 30.1 Å². The molecule has 27 heavy (non-hydrogen) atoms. The first-order valence-corrected chi connectivity index (χ1v) is 10.7. The maximum atomic E-state index is 13.0. The molecule has 2 atom stereocenters. The zero-order valence-electron chi connectivity index (χ0n) is 15.2. The summed E-state index contributed by atoms with van der Waals surface area (Å²) in [6, 6.07) is 5.26. The second kappa shape index (κ2) is 7.71. The van der Waals surface area contributed by atoms with Gasteiger partial charge in [-0.15, -0.1) is 10.2 Å². The summed E-state index contributed by atoms with van der Waals surface area (Å²) in [5.41, 5.74) is 0.593. The Morgan fingerprint density at radius 2 is 2.07 bits per heavy atom. The van der Waals surface area contributed by atoms with Crippen molar-refractivity contribution in [2.24, 2.45) is 0 Å². The predicted octanol–water partition coefficient (Wildman–Crippen LogP) is 1.29. The van der Waals surface area contributed by atoms with Gasteiger partial charge in [0.15, 0.2) is 9.84 Å². The minimum Gasteiger partial charge on any atom is -0.334 e. The maximum Gasteiger partial charge on any atom is 0.246 e. The van der Waals surface area contributed by atoms with Crippen LogP contribution in [0.3, 0.4) is 0 Å². The fourth-order valence-electron chi connectivity index (χ4n) is 3.23. The number of aromatic nitrogens is 4. The van der Waals surface area contributed by atoms with Crippen molar-refractivity contribution < 1.29 is 17.6 Å². The van der Waals surface area contributed by atoms with Crippen molar-refractivity contribution >= 4 is 15.7 Å². The van der Waals surface area contributed by atoms with Gasteiger partial charge in [0.25, 0.3) is 0 Å². The first-order valence-electron chi connectivity index (χ1n) is 8.84. The van der Waals surface area contributed by atoms with Gasteiger partial charge >= 0.3 is 0 Å². The first-order chi connectivity index (χ1) is 12.8. The van der Waals surface area contributed by atoms with Gasteiger partial charge in [0.05, 0.1) is 11.5 Å². The van der Waals surface area contributed by atoms with E-state index in [4.69, 9.17) is 0 Å². The summed E-state index contributed by atoms with van der Waals surface area (Å²) in [5, 5.41) is 12.0. The fraction of sp³-hybridized carbons (Fsp3) is 0.529. The molecule has 0 bridgehead atoms. The van der Waals surface area contributed by atoms with Gasteiger partial charge in [-0.3, -0.25) is 4.79 Å². The number of sulfone groups is 1. The molecule has 1 fully saturated rings. The normalized spacial score (nSPS) is 19.7. The molecule has 0 N–H and O–H groups in total. The molecule has 1 saturated heterocycles. The Bertz CT molecular complexity index is 913. The van der Waals surface area contributed by atoms with E-state index in [1.54, 1.807) is 4.90 Å². The van der Waals surface area contributed by atoms with Crippen molar-refractivity contribution in [1.29, 1.82) is 0 Å². The Kier molecular flexibility index (Phi) is 5.54. The lowest BCUT2D eigenvalue weighted by Gasteiger charge is -2.33. The van der Waals surface area contributed by atoms with Crippen LogP contribution in [0.25, 0.3) is 11.4 Å². The van der Waals surface area contributed by atoms with E-state index >= 15 is 0 Å². The van der Waals surface area contributed by atoms with Gasteiger partial charge in [-0.1, -0.05) is 6.92 Å². The number of nitrogens with zero attached hydrogens (tertiary/aromatic N) is 5. The molecular weight excluding hydrogens is 373 g/mol. The predicted molar refractivity (Wildman–Crippen MR) is 96.9 cm³/mol. The molecule has 0 saturated carbocycles. The van der Waals surface area contributed by atoms with E-state index in [1.165, 1.54) is 29.1 Å². The number of hydrogen-bond acceptors (Lipinski definition) is 6. The zero-order chi connectivity index (χ0) is 19.6. The lowest BCUT2D eigenvalue weighted by Crippen LogP contribution is -2.48. The van der Waals surface area contributed by atoms with Gasteiger partial charge in [0, 0.05) is 17.6 Å². The van der Waals surface area contributed by atoms with Crippen LogP contribution in [0.15, 0.2) is 24.3 Å². The fourth-order valence-corrected chi connectivity index (χ4v) is 4.94. The number of tetrazole rings is 1. The lowest BCUT2D eigenvalue weighted by molar-refractivity contribution is -0.136. The molecule has 8 nitrogen and oxygen atoms in total. The van der Waals surface area contributed by atoms with Crippen molar-refractivity contribution in [2.75, 3.05) is 11.5 Å². The van der Waals surface area contributed by atoms with Crippen LogP contribution in [0.1, 0.15) is 26.7 Å². The molecule has 0 spiro atoms. The number of carbonyl (C=O) groups excluding carboxylic acids is 1. The largest absolute Gasteiger partial charge is 0.334 e. The molecule has 146 valence electrons. The highest BCUT2D eigenvalue weighted by atomic mass is 32.2. The van der Waals surface area contributed by atoms with Crippen molar-refractivity contribution in [2.45, 2.75) is 45.3 Å². The molecule has 1 aromatic carbocycles. The maximum absolute atomic E-state index is 13.0. The van der Waals surface area contributed by atoms with Gasteiger partial charge in [0.2, 0.25) is 11.7 Å². The quantitative estimate of drug-likeness (QED) is 0.731. The number of hydrogen-bond donors (Lipinski definition) is 0. The summed E-state index contributed by atoms with van der Waals surface area (Å²) >= 11 is 0. The summed E-state index contributed by atoms with van der Waals surface area (Å²) in [5.74, 6) is -0.212. The molecule has 1 aliphatic rings. The van der Waals surface area contributed by atoms with Crippen LogP contribution in [-0.4, -0.2) is 63.0 Å². The molecule has 0 unspecified atom stereocenters. The summed E-state index contributed by atoms with van der Waals surface area (Å²) in [6.45, 7) is 3.73. The van der Waals surface area contributed by atoms with Gasteiger partial charge in [-0.2, -0.15) is 4.80 Å². The molecule has 0 radical (unpaired) electrons. The van der Waals surface area contributed by atoms with Crippen molar-refractivity contribution in [1.82, 2.24) is 25.1 Å². The smallest absolute Gasteiger partial charge is 0.246 e. The van der Waals surface area contributed by atoms with Crippen molar-refractivity contribution in [3.8, 4) is 11.4 Å². The van der Waals surface area contributed by atoms with E-state index in [-0.39, 0.29) is 41.9 Å². The highest BCUT2D eigenvalue weighted by molar-refractivity contribution is 7.91. The highest BCUT2D eigenvalue weighted by Gasteiger charge is 2.36. The summed E-state index contributed by atoms with van der Waals surface area (Å²) in [4.78, 5) is 15.7. The van der Waals surface area contributed by atoms with E-state index in [0.717, 1.165) is 0 Å². The van der Waals surface area contributed by atoms with E-state index in [0.29, 0.717) is 24.2 Å². The number of benzene rings is 1. The van der Waals surface area contributed by atoms with Crippen LogP contribution in [0.2, 0.25) is 0 Å². The second-order valence-corrected chi connectivity index (χ2v) is 8.99. The van der Waals surface area contributed by atoms with Crippen LogP contribution in [0.5, 0.6) is 0 Å². The average molecular weight is 395 g/mol. The molecule has 1 aromatic heterocycles. The van der Waals surface area contributed by atoms with E-state index in [2.05, 4.69) is 15.4 Å². The summed E-state index contributed by atoms with van der Waals surface area (Å²) in [6.07, 6.45) is 1.16. The highest BCUT2D eigenvalue weighted by Crippen LogP contribution is 2.22. The molecule has 2 aromatic rings. The number of halogens is 1. The molecule has 10 heteroatoms. The van der Waals surface area contributed by atoms with Crippen LogP contribution in [-0.2, 0) is 21.2 Å². The second-order valence-electron chi connectivity index (χ2n) is 6.77. The van der Waals surface area contributed by atoms with E-state index < -0.39 is 9.84 Å². The Morgan fingerprint density at radius 3 is 2.67 bits per heavy atom. The van der Waals surface area contributed by atoms with E-state index in [1.807, 2.05) is 13.8 Å². The summed E-state index contributed by atoms with van der Waals surface area (Å²) < 4.78 is 36.7.